The number of amides is 1. The number of alkyl halides is 4. The van der Waals surface area contributed by atoms with E-state index in [2.05, 4.69) is 5.32 Å². The highest BCUT2D eigenvalue weighted by Crippen LogP contribution is 2.39. The van der Waals surface area contributed by atoms with E-state index in [-0.39, 0.29) is 43.8 Å². The van der Waals surface area contributed by atoms with Gasteiger partial charge in [0.1, 0.15) is 36.2 Å². The second kappa shape index (κ2) is 14.1. The van der Waals surface area contributed by atoms with Crippen molar-refractivity contribution in [2.24, 2.45) is 0 Å². The fourth-order valence-electron chi connectivity index (χ4n) is 6.82. The minimum atomic E-state index is -4.97. The predicted octanol–water partition coefficient (Wildman–Crippen LogP) is 6.75. The normalized spacial score (nSPS) is 18.1. The average molecular weight is 728 g/mol. The van der Waals surface area contributed by atoms with Crippen LogP contribution < -0.4 is 15.6 Å². The average Bonchev–Trinajstić information content (AvgIpc) is 3.05. The van der Waals surface area contributed by atoms with Gasteiger partial charge in [0.15, 0.2) is 0 Å². The van der Waals surface area contributed by atoms with E-state index in [0.717, 1.165) is 23.4 Å². The van der Waals surface area contributed by atoms with E-state index < -0.39 is 76.6 Å². The van der Waals surface area contributed by atoms with Crippen molar-refractivity contribution in [3.8, 4) is 16.9 Å². The van der Waals surface area contributed by atoms with Crippen LogP contribution in [0.1, 0.15) is 63.0 Å². The van der Waals surface area contributed by atoms with Crippen LogP contribution in [0.3, 0.4) is 0 Å². The number of carboxylic acids is 1. The zero-order valence-electron chi connectivity index (χ0n) is 28.4. The molecule has 6 rings (SSSR count). The van der Waals surface area contributed by atoms with Gasteiger partial charge in [0, 0.05) is 48.6 Å². The Kier molecular flexibility index (Phi) is 9.97. The first-order chi connectivity index (χ1) is 24.5. The van der Waals surface area contributed by atoms with Gasteiger partial charge in [-0.25, -0.2) is 13.2 Å². The van der Waals surface area contributed by atoms with Gasteiger partial charge in [0.2, 0.25) is 5.91 Å². The second-order valence-electron chi connectivity index (χ2n) is 13.3. The lowest BCUT2D eigenvalue weighted by Crippen LogP contribution is -2.49. The number of benzene rings is 3. The first-order valence-electron chi connectivity index (χ1n) is 16.5. The topological polar surface area (TPSA) is 101 Å². The Labute approximate surface area is 294 Å². The van der Waals surface area contributed by atoms with Crippen LogP contribution in [0.15, 0.2) is 59.5 Å². The van der Waals surface area contributed by atoms with E-state index in [1.165, 1.54) is 25.1 Å². The van der Waals surface area contributed by atoms with Crippen molar-refractivity contribution >= 4 is 11.9 Å². The number of aliphatic carboxylic acids is 1. The molecule has 0 radical (unpaired) electrons. The van der Waals surface area contributed by atoms with Crippen molar-refractivity contribution in [3.63, 3.8) is 0 Å². The minimum absolute atomic E-state index is 0.00980. The van der Waals surface area contributed by atoms with E-state index in [9.17, 15) is 37.1 Å². The van der Waals surface area contributed by atoms with Crippen molar-refractivity contribution in [2.75, 3.05) is 19.6 Å². The van der Waals surface area contributed by atoms with Gasteiger partial charge in [-0.2, -0.15) is 13.2 Å². The molecule has 0 unspecified atom stereocenters. The summed E-state index contributed by atoms with van der Waals surface area (Å²) in [4.78, 5) is 41.6. The van der Waals surface area contributed by atoms with Crippen molar-refractivity contribution in [3.05, 3.63) is 121 Å². The molecule has 2 aliphatic rings. The maximum atomic E-state index is 16.0. The molecule has 274 valence electrons. The summed E-state index contributed by atoms with van der Waals surface area (Å²) in [5, 5.41) is 12.4. The summed E-state index contributed by atoms with van der Waals surface area (Å²) in [6.07, 6.45) is -6.39. The Morgan fingerprint density at radius 3 is 2.38 bits per heavy atom. The molecule has 1 saturated heterocycles. The van der Waals surface area contributed by atoms with Crippen LogP contribution in [0.5, 0.6) is 5.75 Å². The van der Waals surface area contributed by atoms with E-state index in [0.29, 0.717) is 33.1 Å². The monoisotopic (exact) mass is 727 g/mol. The molecule has 3 aromatic carbocycles. The predicted molar refractivity (Wildman–Crippen MR) is 179 cm³/mol. The lowest BCUT2D eigenvalue weighted by molar-refractivity contribution is -0.139. The van der Waals surface area contributed by atoms with Crippen molar-refractivity contribution in [2.45, 2.75) is 64.7 Å². The number of nitrogens with zero attached hydrogens (tertiary/aromatic N) is 2. The number of pyridine rings is 1. The molecule has 0 spiro atoms. The number of carboxylic acid groups (broad SMARTS) is 1. The molecule has 4 aromatic rings. The van der Waals surface area contributed by atoms with Gasteiger partial charge in [0.05, 0.1) is 18.0 Å². The number of aromatic nitrogens is 1. The number of hydrogen-bond donors (Lipinski definition) is 2. The smallest absolute Gasteiger partial charge is 0.416 e. The Morgan fingerprint density at radius 2 is 1.71 bits per heavy atom. The van der Waals surface area contributed by atoms with Crippen LogP contribution in [0.4, 0.5) is 26.3 Å². The first kappa shape index (κ1) is 36.7. The molecule has 1 aromatic heterocycles. The van der Waals surface area contributed by atoms with Crippen LogP contribution in [0.2, 0.25) is 0 Å². The van der Waals surface area contributed by atoms with Gasteiger partial charge in [-0.15, -0.1) is 0 Å². The zero-order valence-corrected chi connectivity index (χ0v) is 28.4. The van der Waals surface area contributed by atoms with Gasteiger partial charge in [-0.3, -0.25) is 23.9 Å². The molecule has 8 nitrogen and oxygen atoms in total. The molecule has 2 N–H and O–H groups in total. The van der Waals surface area contributed by atoms with Gasteiger partial charge in [0.25, 0.3) is 5.56 Å². The van der Waals surface area contributed by atoms with E-state index in [1.807, 2.05) is 19.9 Å². The van der Waals surface area contributed by atoms with Gasteiger partial charge in [-0.1, -0.05) is 12.1 Å². The summed E-state index contributed by atoms with van der Waals surface area (Å²) in [6, 6.07) is 6.91. The van der Waals surface area contributed by atoms with Crippen molar-refractivity contribution in [1.29, 1.82) is 0 Å². The molecule has 2 aliphatic heterocycles. The SMILES string of the molecule is Cc1ccc2c(c1C)-c1cc(C)c(F)c(c1)[C@H](CC(=O)O)NC(=O)[C@H](n1cc(CCN3CC(F)C3)c(C(F)(F)F)cc1=O)c1cc(ccc1F)CO2. The third kappa shape index (κ3) is 7.29. The molecule has 0 aliphatic carbocycles. The van der Waals surface area contributed by atoms with Crippen LogP contribution >= 0.6 is 0 Å². The Balaban J connectivity index is 1.56. The van der Waals surface area contributed by atoms with Gasteiger partial charge in [-0.05, 0) is 90.9 Å². The van der Waals surface area contributed by atoms with Crippen LogP contribution in [-0.2, 0) is 28.8 Å². The number of hydrogen-bond acceptors (Lipinski definition) is 5. The highest BCUT2D eigenvalue weighted by molar-refractivity contribution is 5.85. The molecular formula is C38H35F6N3O5. The molecule has 14 heteroatoms. The van der Waals surface area contributed by atoms with Crippen LogP contribution in [0.25, 0.3) is 11.1 Å². The van der Waals surface area contributed by atoms with Crippen LogP contribution in [-0.4, -0.2) is 52.3 Å². The highest BCUT2D eigenvalue weighted by Gasteiger charge is 2.37. The number of rotatable bonds is 6. The number of carbonyl (C=O) groups is 2. The van der Waals surface area contributed by atoms with Crippen LogP contribution in [0, 0.1) is 32.4 Å². The lowest BCUT2D eigenvalue weighted by atomic mass is 9.90. The fourth-order valence-corrected chi connectivity index (χ4v) is 6.82. The fraction of sp³-hybridized carbons (Fsp3) is 0.342. The van der Waals surface area contributed by atoms with Gasteiger partial charge >= 0.3 is 12.1 Å². The third-order valence-electron chi connectivity index (χ3n) is 9.69. The summed E-state index contributed by atoms with van der Waals surface area (Å²) in [5.74, 6) is -4.04. The third-order valence-corrected chi connectivity index (χ3v) is 9.69. The highest BCUT2D eigenvalue weighted by atomic mass is 19.4. The molecule has 2 atom stereocenters. The van der Waals surface area contributed by atoms with E-state index >= 15 is 8.78 Å². The molecular weight excluding hydrogens is 692 g/mol. The molecule has 0 saturated carbocycles. The maximum Gasteiger partial charge on any atom is 0.416 e. The quantitative estimate of drug-likeness (QED) is 0.214. The standard InChI is InChI=1S/C38H35F6N3O5/c1-19-4-7-31-34(21(19)3)24-10-20(2)35(41)27(12-24)30(14-33(49)50)45-37(51)36(26-11-22(18-52-31)5-6-29(26)40)47-15-23(8-9-46-16-25(39)17-46)28(13-32(47)48)38(42,43)44/h4-7,10-13,15,25,30,36H,8-9,14,16-18H2,1-3H3,(H,45,51)(H,49,50)/t30-,36+/m0/s1. The largest absolute Gasteiger partial charge is 0.488 e. The van der Waals surface area contributed by atoms with Crippen molar-refractivity contribution in [1.82, 2.24) is 14.8 Å². The first-order valence-corrected chi connectivity index (χ1v) is 16.5. The zero-order chi connectivity index (χ0) is 37.6. The number of likely N-dealkylation sites (tertiary alicyclic amines) is 1. The Morgan fingerprint density at radius 1 is 0.981 bits per heavy atom. The summed E-state index contributed by atoms with van der Waals surface area (Å²) in [6.45, 7) is 5.08. The molecule has 1 amide bonds. The second-order valence-corrected chi connectivity index (χ2v) is 13.3. The molecule has 52 heavy (non-hydrogen) atoms. The van der Waals surface area contributed by atoms with E-state index in [1.54, 1.807) is 17.0 Å². The molecule has 3 heterocycles. The number of ether oxygens (including phenoxy) is 1. The lowest BCUT2D eigenvalue weighted by Gasteiger charge is -2.34. The number of carbonyl (C=O) groups excluding carboxylic acids is 1. The number of nitrogens with one attached hydrogen (secondary N) is 1. The number of halogens is 6. The summed E-state index contributed by atoms with van der Waals surface area (Å²) in [7, 11) is 0. The number of aryl methyl sites for hydroxylation is 2. The van der Waals surface area contributed by atoms with E-state index in [4.69, 9.17) is 4.74 Å². The summed E-state index contributed by atoms with van der Waals surface area (Å²) >= 11 is 0. The summed E-state index contributed by atoms with van der Waals surface area (Å²) in [5.41, 5.74) is -0.430. The molecule has 4 bridgehead atoms. The summed E-state index contributed by atoms with van der Waals surface area (Å²) < 4.78 is 94.8. The minimum Gasteiger partial charge on any atom is -0.488 e. The van der Waals surface area contributed by atoms with Crippen molar-refractivity contribution < 1.29 is 45.8 Å². The maximum absolute atomic E-state index is 16.0. The Bertz CT molecular complexity index is 2130. The number of fused-ring (bicyclic) bond motifs is 6. The Hall–Kier alpha value is -5.11. The van der Waals surface area contributed by atoms with Gasteiger partial charge < -0.3 is 15.2 Å². The molecule has 1 fully saturated rings.